The summed E-state index contributed by atoms with van der Waals surface area (Å²) in [5, 5.41) is 11.2. The van der Waals surface area contributed by atoms with Crippen LogP contribution in [0.4, 0.5) is 15.8 Å². The normalized spacial score (nSPS) is 13.6. The number of carbonyl (C=O) groups excluding carboxylic acids is 1. The molecule has 29 heavy (non-hydrogen) atoms. The highest BCUT2D eigenvalue weighted by atomic mass is 35.5. The van der Waals surface area contributed by atoms with Crippen molar-refractivity contribution in [1.29, 1.82) is 0 Å². The Morgan fingerprint density at radius 3 is 2.59 bits per heavy atom. The molecule has 0 radical (unpaired) electrons. The van der Waals surface area contributed by atoms with Gasteiger partial charge in [0.05, 0.1) is 42.3 Å². The zero-order chi connectivity index (χ0) is 20.4. The van der Waals surface area contributed by atoms with E-state index in [1.807, 2.05) is 24.3 Å². The first-order chi connectivity index (χ1) is 14.1. The van der Waals surface area contributed by atoms with Gasteiger partial charge in [-0.3, -0.25) is 0 Å². The SMILES string of the molecule is COC(=O)c1nnc(-c2c(F)cccc2Cl)cc1Nc1ccc(C2COC2)cc1. The predicted molar refractivity (Wildman–Crippen MR) is 107 cm³/mol. The Labute approximate surface area is 171 Å². The molecule has 8 heteroatoms. The van der Waals surface area contributed by atoms with Crippen LogP contribution in [0.5, 0.6) is 0 Å². The van der Waals surface area contributed by atoms with E-state index in [1.54, 1.807) is 6.07 Å². The molecule has 0 unspecified atom stereocenters. The number of rotatable bonds is 5. The van der Waals surface area contributed by atoms with Crippen LogP contribution in [0.2, 0.25) is 5.02 Å². The number of nitrogens with zero attached hydrogens (tertiary/aromatic N) is 2. The van der Waals surface area contributed by atoms with Gasteiger partial charge in [-0.2, -0.15) is 0 Å². The Hall–Kier alpha value is -3.03. The minimum atomic E-state index is -0.658. The molecule has 6 nitrogen and oxygen atoms in total. The lowest BCUT2D eigenvalue weighted by Gasteiger charge is -2.26. The molecule has 0 bridgehead atoms. The van der Waals surface area contributed by atoms with E-state index in [9.17, 15) is 9.18 Å². The van der Waals surface area contributed by atoms with Gasteiger partial charge in [0, 0.05) is 11.6 Å². The van der Waals surface area contributed by atoms with E-state index in [0.29, 0.717) is 11.6 Å². The Balaban J connectivity index is 1.70. The molecule has 0 amide bonds. The average molecular weight is 414 g/mol. The lowest BCUT2D eigenvalue weighted by Crippen LogP contribution is -2.24. The molecule has 1 N–H and O–H groups in total. The fourth-order valence-corrected chi connectivity index (χ4v) is 3.28. The molecule has 1 saturated heterocycles. The van der Waals surface area contributed by atoms with Crippen molar-refractivity contribution in [2.75, 3.05) is 25.6 Å². The Morgan fingerprint density at radius 2 is 1.97 bits per heavy atom. The molecule has 0 saturated carbocycles. The Morgan fingerprint density at radius 1 is 1.21 bits per heavy atom. The molecule has 3 aromatic rings. The number of benzene rings is 2. The Bertz CT molecular complexity index is 1040. The van der Waals surface area contributed by atoms with E-state index in [2.05, 4.69) is 15.5 Å². The predicted octanol–water partition coefficient (Wildman–Crippen LogP) is 4.58. The summed E-state index contributed by atoms with van der Waals surface area (Å²) in [6.07, 6.45) is 0. The van der Waals surface area contributed by atoms with Crippen molar-refractivity contribution in [1.82, 2.24) is 10.2 Å². The fraction of sp³-hybridized carbons (Fsp3) is 0.190. The van der Waals surface area contributed by atoms with E-state index in [1.165, 1.54) is 30.9 Å². The second kappa shape index (κ2) is 8.14. The van der Waals surface area contributed by atoms with Gasteiger partial charge in [0.25, 0.3) is 0 Å². The van der Waals surface area contributed by atoms with Crippen molar-refractivity contribution in [3.05, 3.63) is 70.6 Å². The van der Waals surface area contributed by atoms with Gasteiger partial charge in [0.2, 0.25) is 0 Å². The maximum absolute atomic E-state index is 14.3. The molecule has 1 aliphatic rings. The van der Waals surface area contributed by atoms with E-state index in [4.69, 9.17) is 21.1 Å². The zero-order valence-corrected chi connectivity index (χ0v) is 16.2. The first kappa shape index (κ1) is 19.3. The number of nitrogens with one attached hydrogen (secondary N) is 1. The molecule has 2 heterocycles. The molecular weight excluding hydrogens is 397 g/mol. The topological polar surface area (TPSA) is 73.3 Å². The summed E-state index contributed by atoms with van der Waals surface area (Å²) in [6, 6.07) is 13.7. The maximum Gasteiger partial charge on any atom is 0.360 e. The maximum atomic E-state index is 14.3. The minimum Gasteiger partial charge on any atom is -0.464 e. The van der Waals surface area contributed by atoms with Crippen molar-refractivity contribution in [3.8, 4) is 11.3 Å². The van der Waals surface area contributed by atoms with Crippen LogP contribution in [0.1, 0.15) is 22.0 Å². The van der Waals surface area contributed by atoms with E-state index in [0.717, 1.165) is 18.9 Å². The molecule has 0 atom stereocenters. The highest BCUT2D eigenvalue weighted by Crippen LogP contribution is 2.32. The van der Waals surface area contributed by atoms with Crippen molar-refractivity contribution in [2.45, 2.75) is 5.92 Å². The Kier molecular flexibility index (Phi) is 5.42. The summed E-state index contributed by atoms with van der Waals surface area (Å²) >= 11 is 6.14. The summed E-state index contributed by atoms with van der Waals surface area (Å²) in [4.78, 5) is 12.1. The monoisotopic (exact) mass is 413 g/mol. The van der Waals surface area contributed by atoms with E-state index < -0.39 is 11.8 Å². The number of hydrogen-bond acceptors (Lipinski definition) is 6. The van der Waals surface area contributed by atoms with E-state index >= 15 is 0 Å². The molecule has 1 fully saturated rings. The number of aromatic nitrogens is 2. The van der Waals surface area contributed by atoms with Crippen LogP contribution in [0.15, 0.2) is 48.5 Å². The van der Waals surface area contributed by atoms with Crippen LogP contribution < -0.4 is 5.32 Å². The molecule has 0 spiro atoms. The second-order valence-corrected chi connectivity index (χ2v) is 6.97. The van der Waals surface area contributed by atoms with Crippen LogP contribution in [-0.2, 0) is 9.47 Å². The standard InChI is InChI=1S/C21H17ClFN3O3/c1-28-21(27)20-18(24-14-7-5-12(6-8-14)13-10-29-11-13)9-17(25-26-20)19-15(22)3-2-4-16(19)23/h2-9,13H,10-11H2,1H3,(H,24,25). The van der Waals surface area contributed by atoms with Crippen LogP contribution in [0, 0.1) is 5.82 Å². The minimum absolute atomic E-state index is 0.0137. The molecular formula is C21H17ClFN3O3. The number of hydrogen-bond donors (Lipinski definition) is 1. The summed E-state index contributed by atoms with van der Waals surface area (Å²) < 4.78 is 24.3. The van der Waals surface area contributed by atoms with Gasteiger partial charge < -0.3 is 14.8 Å². The lowest BCUT2D eigenvalue weighted by atomic mass is 9.97. The molecule has 1 aromatic heterocycles. The third-order valence-corrected chi connectivity index (χ3v) is 5.01. The van der Waals surface area contributed by atoms with Crippen molar-refractivity contribution >= 4 is 28.9 Å². The fourth-order valence-electron chi connectivity index (χ4n) is 3.02. The number of carbonyl (C=O) groups is 1. The second-order valence-electron chi connectivity index (χ2n) is 6.56. The van der Waals surface area contributed by atoms with Gasteiger partial charge in [-0.05, 0) is 35.9 Å². The molecule has 2 aromatic carbocycles. The number of methoxy groups -OCH3 is 1. The number of esters is 1. The summed E-state index contributed by atoms with van der Waals surface area (Å²) in [5.41, 5.74) is 2.55. The van der Waals surface area contributed by atoms with Crippen molar-refractivity contribution < 1.29 is 18.7 Å². The van der Waals surface area contributed by atoms with Crippen LogP contribution in [0.3, 0.4) is 0 Å². The summed E-state index contributed by atoms with van der Waals surface area (Å²) in [7, 11) is 1.25. The van der Waals surface area contributed by atoms with Crippen LogP contribution >= 0.6 is 11.6 Å². The van der Waals surface area contributed by atoms with Gasteiger partial charge in [-0.25, -0.2) is 9.18 Å². The van der Waals surface area contributed by atoms with Crippen molar-refractivity contribution in [2.24, 2.45) is 0 Å². The van der Waals surface area contributed by atoms with Gasteiger partial charge in [-0.15, -0.1) is 10.2 Å². The molecule has 1 aliphatic heterocycles. The first-order valence-corrected chi connectivity index (χ1v) is 9.29. The highest BCUT2D eigenvalue weighted by Gasteiger charge is 2.21. The van der Waals surface area contributed by atoms with Gasteiger partial charge >= 0.3 is 5.97 Å². The third kappa shape index (κ3) is 3.92. The quantitative estimate of drug-likeness (QED) is 0.617. The number of anilines is 2. The average Bonchev–Trinajstić information content (AvgIpc) is 2.68. The highest BCUT2D eigenvalue weighted by molar-refractivity contribution is 6.33. The van der Waals surface area contributed by atoms with Gasteiger partial charge in [0.1, 0.15) is 5.82 Å². The zero-order valence-electron chi connectivity index (χ0n) is 15.5. The van der Waals surface area contributed by atoms with Crippen LogP contribution in [0.25, 0.3) is 11.3 Å². The smallest absolute Gasteiger partial charge is 0.360 e. The van der Waals surface area contributed by atoms with Gasteiger partial charge in [-0.1, -0.05) is 29.8 Å². The summed E-state index contributed by atoms with van der Waals surface area (Å²) in [6.45, 7) is 1.45. The largest absolute Gasteiger partial charge is 0.464 e. The number of halogens is 2. The molecule has 148 valence electrons. The van der Waals surface area contributed by atoms with E-state index in [-0.39, 0.29) is 22.0 Å². The molecule has 0 aliphatic carbocycles. The molecule has 4 rings (SSSR count). The lowest BCUT2D eigenvalue weighted by molar-refractivity contribution is 0.00843. The van der Waals surface area contributed by atoms with Crippen LogP contribution in [-0.4, -0.2) is 36.5 Å². The summed E-state index contributed by atoms with van der Waals surface area (Å²) in [5.74, 6) is -0.780. The van der Waals surface area contributed by atoms with Crippen molar-refractivity contribution in [3.63, 3.8) is 0 Å². The van der Waals surface area contributed by atoms with Gasteiger partial charge in [0.15, 0.2) is 5.69 Å². The number of ether oxygens (including phenoxy) is 2. The first-order valence-electron chi connectivity index (χ1n) is 8.92. The third-order valence-electron chi connectivity index (χ3n) is 4.69.